The van der Waals surface area contributed by atoms with Gasteiger partial charge in [0, 0.05) is 0 Å². The minimum absolute atomic E-state index is 0.201. The van der Waals surface area contributed by atoms with E-state index in [9.17, 15) is 4.79 Å². The quantitative estimate of drug-likeness (QED) is 0.495. The van der Waals surface area contributed by atoms with E-state index in [0.717, 1.165) is 12.8 Å². The maximum absolute atomic E-state index is 10.9. The Hall–Kier alpha value is -0.850. The maximum atomic E-state index is 10.9. The van der Waals surface area contributed by atoms with Crippen molar-refractivity contribution >= 4 is 5.78 Å². The number of rotatable bonds is 0. The second kappa shape index (κ2) is 2.08. The van der Waals surface area contributed by atoms with Gasteiger partial charge in [0.25, 0.3) is 0 Å². The van der Waals surface area contributed by atoms with Crippen LogP contribution in [0.1, 0.15) is 25.7 Å². The summed E-state index contributed by atoms with van der Waals surface area (Å²) in [7, 11) is 0. The van der Waals surface area contributed by atoms with Crippen molar-refractivity contribution in [1.82, 2.24) is 0 Å². The molecule has 2 aliphatic carbocycles. The van der Waals surface area contributed by atoms with E-state index in [2.05, 4.69) is 0 Å². The molecule has 0 spiro atoms. The van der Waals surface area contributed by atoms with E-state index >= 15 is 0 Å². The van der Waals surface area contributed by atoms with E-state index in [1.54, 1.807) is 12.2 Å². The van der Waals surface area contributed by atoms with Gasteiger partial charge in [-0.2, -0.15) is 0 Å². The van der Waals surface area contributed by atoms with Crippen molar-refractivity contribution in [3.05, 3.63) is 23.3 Å². The molecule has 0 aromatic heterocycles. The van der Waals surface area contributed by atoms with Gasteiger partial charge in [-0.05, 0) is 49.0 Å². The summed E-state index contributed by atoms with van der Waals surface area (Å²) in [6, 6.07) is 0. The third-order valence-corrected chi connectivity index (χ3v) is 2.19. The number of hydrogen-bond acceptors (Lipinski definition) is 1. The van der Waals surface area contributed by atoms with Crippen LogP contribution in [-0.2, 0) is 4.79 Å². The minimum atomic E-state index is 0.201. The monoisotopic (exact) mass is 134 g/mol. The van der Waals surface area contributed by atoms with Gasteiger partial charge in [0.2, 0.25) is 0 Å². The predicted molar refractivity (Wildman–Crippen MR) is 39.6 cm³/mol. The molecule has 0 unspecified atom stereocenters. The fourth-order valence-electron chi connectivity index (χ4n) is 1.67. The molecule has 1 heteroatoms. The van der Waals surface area contributed by atoms with Crippen molar-refractivity contribution in [2.75, 3.05) is 0 Å². The molecule has 0 radical (unpaired) electrons. The zero-order valence-corrected chi connectivity index (χ0v) is 5.89. The molecule has 0 N–H and O–H groups in total. The van der Waals surface area contributed by atoms with Crippen LogP contribution in [0.15, 0.2) is 23.3 Å². The highest BCUT2D eigenvalue weighted by Crippen LogP contribution is 2.31. The van der Waals surface area contributed by atoms with Crippen LogP contribution in [0.3, 0.4) is 0 Å². The molecule has 1 fully saturated rings. The van der Waals surface area contributed by atoms with Crippen molar-refractivity contribution in [2.24, 2.45) is 0 Å². The Labute approximate surface area is 60.4 Å². The van der Waals surface area contributed by atoms with E-state index in [4.69, 9.17) is 0 Å². The molecule has 0 atom stereocenters. The second-order valence-corrected chi connectivity index (χ2v) is 2.95. The fourth-order valence-corrected chi connectivity index (χ4v) is 1.67. The Balaban J connectivity index is 2.32. The number of carbonyl (C=O) groups excluding carboxylic acids is 1. The molecule has 52 valence electrons. The van der Waals surface area contributed by atoms with Crippen molar-refractivity contribution in [3.8, 4) is 0 Å². The molecular formula is C9H10O. The minimum Gasteiger partial charge on any atom is -0.290 e. The Morgan fingerprint density at radius 1 is 1.00 bits per heavy atom. The lowest BCUT2D eigenvalue weighted by Gasteiger charge is -2.13. The lowest BCUT2D eigenvalue weighted by Crippen LogP contribution is -1.94. The summed E-state index contributed by atoms with van der Waals surface area (Å²) in [5.74, 6) is 0.201. The van der Waals surface area contributed by atoms with Gasteiger partial charge in [0.1, 0.15) is 0 Å². The van der Waals surface area contributed by atoms with Gasteiger partial charge in [0.05, 0.1) is 0 Å². The molecule has 2 rings (SSSR count). The molecule has 0 saturated heterocycles. The Bertz CT molecular complexity index is 209. The molecule has 1 saturated carbocycles. The van der Waals surface area contributed by atoms with Crippen molar-refractivity contribution < 1.29 is 4.79 Å². The molecule has 2 aliphatic rings. The summed E-state index contributed by atoms with van der Waals surface area (Å²) in [6.45, 7) is 0. The average Bonchev–Trinajstić information content (AvgIpc) is 2.27. The number of hydrogen-bond donors (Lipinski definition) is 0. The van der Waals surface area contributed by atoms with Crippen LogP contribution >= 0.6 is 0 Å². The number of carbonyl (C=O) groups is 1. The first-order valence-corrected chi connectivity index (χ1v) is 3.82. The first kappa shape index (κ1) is 5.90. The summed E-state index contributed by atoms with van der Waals surface area (Å²) in [4.78, 5) is 10.9. The highest BCUT2D eigenvalue weighted by Gasteiger charge is 2.17. The lowest BCUT2D eigenvalue weighted by molar-refractivity contribution is -0.110. The summed E-state index contributed by atoms with van der Waals surface area (Å²) < 4.78 is 0. The van der Waals surface area contributed by atoms with E-state index in [1.807, 2.05) is 0 Å². The van der Waals surface area contributed by atoms with Gasteiger partial charge < -0.3 is 0 Å². The van der Waals surface area contributed by atoms with Gasteiger partial charge in [-0.25, -0.2) is 0 Å². The SMILES string of the molecule is O=C1C=C2CCCCC2=C1. The first-order chi connectivity index (χ1) is 4.86. The number of allylic oxidation sites excluding steroid dienone is 4. The molecule has 0 aromatic carbocycles. The normalized spacial score (nSPS) is 23.8. The topological polar surface area (TPSA) is 17.1 Å². The lowest BCUT2D eigenvalue weighted by atomic mass is 9.92. The standard InChI is InChI=1S/C9H10O/c10-9-5-7-3-1-2-4-8(7)6-9/h5-6H,1-4H2. The van der Waals surface area contributed by atoms with E-state index in [-0.39, 0.29) is 5.78 Å². The summed E-state index contributed by atoms with van der Waals surface area (Å²) in [6.07, 6.45) is 8.34. The van der Waals surface area contributed by atoms with E-state index in [1.165, 1.54) is 24.0 Å². The third-order valence-electron chi connectivity index (χ3n) is 2.19. The van der Waals surface area contributed by atoms with E-state index < -0.39 is 0 Å². The molecule has 10 heavy (non-hydrogen) atoms. The van der Waals surface area contributed by atoms with E-state index in [0.29, 0.717) is 0 Å². The molecule has 0 aromatic rings. The maximum Gasteiger partial charge on any atom is 0.179 e. The Morgan fingerprint density at radius 3 is 2.00 bits per heavy atom. The first-order valence-electron chi connectivity index (χ1n) is 3.82. The average molecular weight is 134 g/mol. The van der Waals surface area contributed by atoms with Gasteiger partial charge in [-0.15, -0.1) is 0 Å². The predicted octanol–water partition coefficient (Wildman–Crippen LogP) is 2.00. The summed E-state index contributed by atoms with van der Waals surface area (Å²) in [5.41, 5.74) is 2.60. The van der Waals surface area contributed by atoms with Crippen LogP contribution in [0, 0.1) is 0 Å². The molecule has 1 nitrogen and oxygen atoms in total. The van der Waals surface area contributed by atoms with Crippen LogP contribution in [0.4, 0.5) is 0 Å². The second-order valence-electron chi connectivity index (χ2n) is 2.95. The van der Waals surface area contributed by atoms with Crippen molar-refractivity contribution in [3.63, 3.8) is 0 Å². The zero-order chi connectivity index (χ0) is 6.97. The van der Waals surface area contributed by atoms with Gasteiger partial charge >= 0.3 is 0 Å². The fraction of sp³-hybridized carbons (Fsp3) is 0.444. The zero-order valence-electron chi connectivity index (χ0n) is 5.89. The van der Waals surface area contributed by atoms with Crippen LogP contribution in [-0.4, -0.2) is 5.78 Å². The molecule has 0 bridgehead atoms. The molecular weight excluding hydrogens is 124 g/mol. The van der Waals surface area contributed by atoms with Crippen LogP contribution in [0.2, 0.25) is 0 Å². The van der Waals surface area contributed by atoms with Crippen LogP contribution in [0.5, 0.6) is 0 Å². The van der Waals surface area contributed by atoms with Crippen LogP contribution < -0.4 is 0 Å². The molecule has 0 heterocycles. The summed E-state index contributed by atoms with van der Waals surface area (Å²) >= 11 is 0. The molecule has 0 amide bonds. The third kappa shape index (κ3) is 0.821. The van der Waals surface area contributed by atoms with Gasteiger partial charge in [-0.3, -0.25) is 4.79 Å². The van der Waals surface area contributed by atoms with Gasteiger partial charge in [-0.1, -0.05) is 0 Å². The largest absolute Gasteiger partial charge is 0.290 e. The van der Waals surface area contributed by atoms with Crippen molar-refractivity contribution in [1.29, 1.82) is 0 Å². The smallest absolute Gasteiger partial charge is 0.179 e. The number of fused-ring (bicyclic) bond motifs is 1. The summed E-state index contributed by atoms with van der Waals surface area (Å²) in [5, 5.41) is 0. The highest BCUT2D eigenvalue weighted by molar-refractivity contribution is 6.04. The Morgan fingerprint density at radius 2 is 1.50 bits per heavy atom. The molecule has 0 aliphatic heterocycles. The number of ketones is 1. The highest BCUT2D eigenvalue weighted by atomic mass is 16.1. The van der Waals surface area contributed by atoms with Gasteiger partial charge in [0.15, 0.2) is 5.78 Å². The van der Waals surface area contributed by atoms with Crippen molar-refractivity contribution in [2.45, 2.75) is 25.7 Å². The van der Waals surface area contributed by atoms with Crippen LogP contribution in [0.25, 0.3) is 0 Å². The Kier molecular flexibility index (Phi) is 1.23.